The molecule has 244 valence electrons. The predicted octanol–water partition coefficient (Wildman–Crippen LogP) is 5.88. The summed E-state index contributed by atoms with van der Waals surface area (Å²) < 4.78 is 52.4. The van der Waals surface area contributed by atoms with Crippen molar-refractivity contribution in [3.63, 3.8) is 0 Å². The highest BCUT2D eigenvalue weighted by molar-refractivity contribution is 7.23. The number of rotatable bonds is 7. The van der Waals surface area contributed by atoms with E-state index in [2.05, 4.69) is 26.3 Å². The van der Waals surface area contributed by atoms with Crippen molar-refractivity contribution in [2.24, 2.45) is 0 Å². The molecule has 1 aromatic carbocycles. The maximum atomic E-state index is 16.8. The van der Waals surface area contributed by atoms with E-state index in [4.69, 9.17) is 22.0 Å². The van der Waals surface area contributed by atoms with E-state index in [0.717, 1.165) is 30.7 Å². The number of fused-ring (bicyclic) bond motifs is 3. The molecule has 0 bridgehead atoms. The Morgan fingerprint density at radius 1 is 1.34 bits per heavy atom. The highest BCUT2D eigenvalue weighted by atomic mass is 32.1. The Labute approximate surface area is 273 Å². The Morgan fingerprint density at radius 3 is 2.91 bits per heavy atom. The molecule has 2 N–H and O–H groups in total. The van der Waals surface area contributed by atoms with E-state index < -0.39 is 23.3 Å². The molecule has 4 aromatic rings. The van der Waals surface area contributed by atoms with Gasteiger partial charge in [0.15, 0.2) is 5.82 Å². The first-order valence-corrected chi connectivity index (χ1v) is 16.3. The topological polar surface area (TPSA) is 105 Å². The van der Waals surface area contributed by atoms with Crippen molar-refractivity contribution in [2.45, 2.75) is 56.4 Å². The first kappa shape index (κ1) is 31.1. The number of hydrogen-bond acceptors (Lipinski definition) is 9. The molecular weight excluding hydrogens is 629 g/mol. The molecule has 47 heavy (non-hydrogen) atoms. The third-order valence-electron chi connectivity index (χ3n) is 10.0. The van der Waals surface area contributed by atoms with E-state index >= 15 is 4.39 Å². The lowest BCUT2D eigenvalue weighted by Gasteiger charge is -2.32. The second-order valence-corrected chi connectivity index (χ2v) is 13.6. The number of carbonyl (C=O) groups excluding carboxylic acids is 1. The monoisotopic (exact) mass is 662 g/mol. The number of hydrogen-bond donors (Lipinski definition) is 1. The van der Waals surface area contributed by atoms with Crippen LogP contribution in [0, 0.1) is 18.2 Å². The second kappa shape index (κ2) is 11.6. The maximum Gasteiger partial charge on any atom is 0.319 e. The van der Waals surface area contributed by atoms with Crippen LogP contribution in [0.4, 0.5) is 29.7 Å². The van der Waals surface area contributed by atoms with Crippen LogP contribution in [0.1, 0.15) is 32.6 Å². The lowest BCUT2D eigenvalue weighted by Crippen LogP contribution is -2.44. The zero-order valence-electron chi connectivity index (χ0n) is 26.0. The minimum atomic E-state index is -0.951. The molecule has 0 aliphatic carbocycles. The maximum absolute atomic E-state index is 16.8. The van der Waals surface area contributed by atoms with Gasteiger partial charge in [0.25, 0.3) is 0 Å². The SMILES string of the molecule is [C-]#[N+]c1c(N)sc2c(F)ccc(-c3ncc4c(N(C)[C@@H]5CCN(C(=O)C=C)[C@H]5C)nc(OC[C@@]56CCCN5C[C@H](F)C6)nc4c3F)c12. The van der Waals surface area contributed by atoms with Crippen molar-refractivity contribution in [3.05, 3.63) is 54.0 Å². The van der Waals surface area contributed by atoms with Crippen molar-refractivity contribution in [1.82, 2.24) is 24.8 Å². The van der Waals surface area contributed by atoms with Crippen LogP contribution in [0.5, 0.6) is 6.01 Å². The van der Waals surface area contributed by atoms with Crippen molar-refractivity contribution >= 4 is 54.7 Å². The molecule has 0 spiro atoms. The van der Waals surface area contributed by atoms with Crippen molar-refractivity contribution in [1.29, 1.82) is 0 Å². The lowest BCUT2D eigenvalue weighted by atomic mass is 9.95. The molecule has 7 rings (SSSR count). The number of anilines is 2. The number of alkyl halides is 1. The zero-order valence-corrected chi connectivity index (χ0v) is 26.8. The summed E-state index contributed by atoms with van der Waals surface area (Å²) in [5.41, 5.74) is 5.60. The smallest absolute Gasteiger partial charge is 0.319 e. The number of nitrogen functional groups attached to an aromatic ring is 1. The molecule has 3 aliphatic heterocycles. The molecule has 0 unspecified atom stereocenters. The van der Waals surface area contributed by atoms with Gasteiger partial charge >= 0.3 is 6.01 Å². The van der Waals surface area contributed by atoms with Crippen molar-refractivity contribution < 1.29 is 22.7 Å². The van der Waals surface area contributed by atoms with Gasteiger partial charge in [-0.1, -0.05) is 12.6 Å². The third-order valence-corrected chi connectivity index (χ3v) is 11.1. The summed E-state index contributed by atoms with van der Waals surface area (Å²) in [6.45, 7) is 15.0. The molecule has 0 saturated carbocycles. The van der Waals surface area contributed by atoms with Crippen LogP contribution in [0.15, 0.2) is 31.0 Å². The molecule has 1 amide bonds. The first-order valence-electron chi connectivity index (χ1n) is 15.5. The lowest BCUT2D eigenvalue weighted by molar-refractivity contribution is -0.126. The van der Waals surface area contributed by atoms with Crippen LogP contribution in [0.3, 0.4) is 0 Å². The minimum absolute atomic E-state index is 0.0323. The fourth-order valence-corrected chi connectivity index (χ4v) is 8.64. The minimum Gasteiger partial charge on any atom is -0.461 e. The van der Waals surface area contributed by atoms with Crippen LogP contribution in [-0.2, 0) is 4.79 Å². The average Bonchev–Trinajstić information content (AvgIpc) is 3.80. The third kappa shape index (κ3) is 4.94. The van der Waals surface area contributed by atoms with Crippen LogP contribution in [0.2, 0.25) is 0 Å². The molecule has 4 atom stereocenters. The predicted molar refractivity (Wildman–Crippen MR) is 175 cm³/mol. The number of likely N-dealkylation sites (tertiary alicyclic amines) is 1. The largest absolute Gasteiger partial charge is 0.461 e. The standard InChI is InChI=1S/C33H33F3N8O2S/c1-5-23(45)44-12-9-22(17(44)2)42(4)31-20-14-39-26(19-7-8-21(35)29-24(19)28(38-3)30(37)47-29)25(36)27(20)40-32(41-31)46-16-33-10-6-11-43(33)15-18(34)13-33/h5,7-8,14,17-18,22H,1,6,9-13,15-16,37H2,2,4H3/t17-,18+,22+,33-/m0/s1. The second-order valence-electron chi connectivity index (χ2n) is 12.5. The molecule has 0 radical (unpaired) electrons. The quantitative estimate of drug-likeness (QED) is 0.193. The van der Waals surface area contributed by atoms with Crippen LogP contribution in [0.25, 0.3) is 37.1 Å². The summed E-state index contributed by atoms with van der Waals surface area (Å²) in [7, 11) is 1.82. The molecule has 3 aliphatic rings. The summed E-state index contributed by atoms with van der Waals surface area (Å²) in [4.78, 5) is 35.5. The Kier molecular flexibility index (Phi) is 7.71. The van der Waals surface area contributed by atoms with Crippen molar-refractivity contribution in [3.8, 4) is 17.3 Å². The number of likely N-dealkylation sites (N-methyl/N-ethyl adjacent to an activating group) is 1. The Balaban J connectivity index is 1.35. The summed E-state index contributed by atoms with van der Waals surface area (Å²) >= 11 is 0.922. The van der Waals surface area contributed by atoms with Gasteiger partial charge in [0, 0.05) is 49.7 Å². The number of benzene rings is 1. The fourth-order valence-electron chi connectivity index (χ4n) is 7.70. The van der Waals surface area contributed by atoms with Gasteiger partial charge in [-0.2, -0.15) is 9.97 Å². The number of nitrogens with two attached hydrogens (primary N) is 1. The summed E-state index contributed by atoms with van der Waals surface area (Å²) in [6.07, 6.45) is 4.48. The average molecular weight is 663 g/mol. The summed E-state index contributed by atoms with van der Waals surface area (Å²) in [5.74, 6) is -1.19. The summed E-state index contributed by atoms with van der Waals surface area (Å²) in [6, 6.07) is 2.13. The fraction of sp³-hybridized carbons (Fsp3) is 0.424. The van der Waals surface area contributed by atoms with E-state index in [1.165, 1.54) is 24.4 Å². The zero-order chi connectivity index (χ0) is 33.2. The number of ether oxygens (including phenoxy) is 1. The van der Waals surface area contributed by atoms with Gasteiger partial charge in [0.05, 0.1) is 33.2 Å². The van der Waals surface area contributed by atoms with Gasteiger partial charge < -0.3 is 20.3 Å². The molecule has 3 aromatic heterocycles. The van der Waals surface area contributed by atoms with Crippen LogP contribution < -0.4 is 15.4 Å². The van der Waals surface area contributed by atoms with E-state index in [1.54, 1.807) is 4.90 Å². The molecule has 10 nitrogen and oxygen atoms in total. The molecule has 14 heteroatoms. The number of carbonyl (C=O) groups is 1. The number of amides is 1. The number of pyridine rings is 1. The highest BCUT2D eigenvalue weighted by Gasteiger charge is 2.49. The number of nitrogens with zero attached hydrogens (tertiary/aromatic N) is 7. The Morgan fingerprint density at radius 2 is 2.15 bits per heavy atom. The Bertz CT molecular complexity index is 1980. The van der Waals surface area contributed by atoms with Crippen LogP contribution in [-0.4, -0.2) is 87.7 Å². The van der Waals surface area contributed by atoms with Gasteiger partial charge in [-0.3, -0.25) is 14.7 Å². The van der Waals surface area contributed by atoms with Crippen molar-refractivity contribution in [2.75, 3.05) is 43.9 Å². The molecule has 3 saturated heterocycles. The van der Waals surface area contributed by atoms with Gasteiger partial charge in [0.2, 0.25) is 11.6 Å². The summed E-state index contributed by atoms with van der Waals surface area (Å²) in [5, 5.41) is 0.618. The van der Waals surface area contributed by atoms with E-state index in [0.29, 0.717) is 37.1 Å². The molecule has 3 fully saturated rings. The molecule has 6 heterocycles. The van der Waals surface area contributed by atoms with Crippen LogP contribution >= 0.6 is 11.3 Å². The highest BCUT2D eigenvalue weighted by Crippen LogP contribution is 2.47. The number of halogens is 3. The van der Waals surface area contributed by atoms with Gasteiger partial charge in [0.1, 0.15) is 35.6 Å². The normalized spacial score (nSPS) is 24.2. The number of thiophene rings is 1. The molecular formula is C33H33F3N8O2S. The van der Waals surface area contributed by atoms with E-state index in [-0.39, 0.29) is 68.2 Å². The Hall–Kier alpha value is -4.48. The first-order chi connectivity index (χ1) is 22.6. The van der Waals surface area contributed by atoms with Gasteiger partial charge in [-0.15, -0.1) is 11.3 Å². The van der Waals surface area contributed by atoms with Gasteiger partial charge in [-0.05, 0) is 44.9 Å². The van der Waals surface area contributed by atoms with Gasteiger partial charge in [-0.25, -0.2) is 18.0 Å². The van der Waals surface area contributed by atoms with E-state index in [1.807, 2.05) is 18.9 Å². The number of aromatic nitrogens is 3. The van der Waals surface area contributed by atoms with E-state index in [9.17, 15) is 13.6 Å².